The molecule has 0 bridgehead atoms. The van der Waals surface area contributed by atoms with E-state index in [9.17, 15) is 17.2 Å². The summed E-state index contributed by atoms with van der Waals surface area (Å²) in [5, 5.41) is 6.08. The zero-order chi connectivity index (χ0) is 19.7. The van der Waals surface area contributed by atoms with Gasteiger partial charge in [-0.2, -0.15) is 0 Å². The highest BCUT2D eigenvalue weighted by molar-refractivity contribution is 7.89. The monoisotopic (exact) mass is 390 g/mol. The van der Waals surface area contributed by atoms with Crippen LogP contribution in [0, 0.1) is 11.6 Å². The first kappa shape index (κ1) is 22.3. The van der Waals surface area contributed by atoms with Crippen LogP contribution < -0.4 is 10.6 Å². The van der Waals surface area contributed by atoms with E-state index >= 15 is 0 Å². The lowest BCUT2D eigenvalue weighted by Gasteiger charge is -2.19. The van der Waals surface area contributed by atoms with Gasteiger partial charge in [-0.15, -0.1) is 0 Å². The minimum absolute atomic E-state index is 0.0924. The van der Waals surface area contributed by atoms with Crippen LogP contribution in [0.2, 0.25) is 0 Å². The lowest BCUT2D eigenvalue weighted by Crippen LogP contribution is -2.39. The minimum atomic E-state index is -3.34. The number of nitrogens with one attached hydrogen (secondary N) is 2. The van der Waals surface area contributed by atoms with Crippen LogP contribution in [0.3, 0.4) is 0 Å². The Balaban J connectivity index is 2.78. The van der Waals surface area contributed by atoms with Crippen LogP contribution >= 0.6 is 0 Å². The van der Waals surface area contributed by atoms with E-state index in [2.05, 4.69) is 15.6 Å². The Kier molecular flexibility index (Phi) is 8.94. The Morgan fingerprint density at radius 1 is 1.19 bits per heavy atom. The lowest BCUT2D eigenvalue weighted by atomic mass is 10.1. The summed E-state index contributed by atoms with van der Waals surface area (Å²) in [6, 6.07) is 3.36. The fourth-order valence-electron chi connectivity index (χ4n) is 2.41. The maximum atomic E-state index is 13.4. The largest absolute Gasteiger partial charge is 0.357 e. The molecule has 0 heterocycles. The lowest BCUT2D eigenvalue weighted by molar-refractivity contribution is 0.445. The molecule has 1 aromatic rings. The van der Waals surface area contributed by atoms with Crippen LogP contribution in [0.15, 0.2) is 23.2 Å². The van der Waals surface area contributed by atoms with Crippen LogP contribution in [0.4, 0.5) is 8.78 Å². The molecule has 1 atom stereocenters. The van der Waals surface area contributed by atoms with Gasteiger partial charge in [0.1, 0.15) is 0 Å². The molecule has 9 heteroatoms. The van der Waals surface area contributed by atoms with Gasteiger partial charge in [0.2, 0.25) is 10.0 Å². The number of guanidine groups is 1. The van der Waals surface area contributed by atoms with Crippen molar-refractivity contribution in [3.63, 3.8) is 0 Å². The van der Waals surface area contributed by atoms with Crippen molar-refractivity contribution in [2.75, 3.05) is 31.9 Å². The van der Waals surface area contributed by atoms with Crippen molar-refractivity contribution < 1.29 is 17.2 Å². The Labute approximate surface area is 154 Å². The summed E-state index contributed by atoms with van der Waals surface area (Å²) >= 11 is 0. The Hall–Kier alpha value is -1.74. The van der Waals surface area contributed by atoms with Crippen molar-refractivity contribution in [1.29, 1.82) is 0 Å². The molecule has 1 aromatic carbocycles. The van der Waals surface area contributed by atoms with E-state index in [0.717, 1.165) is 12.1 Å². The molecule has 0 aromatic heterocycles. The first-order chi connectivity index (χ1) is 12.2. The fourth-order valence-corrected chi connectivity index (χ4v) is 3.78. The first-order valence-corrected chi connectivity index (χ1v) is 10.3. The van der Waals surface area contributed by atoms with Crippen molar-refractivity contribution in [3.05, 3.63) is 35.4 Å². The molecule has 0 aliphatic heterocycles. The van der Waals surface area contributed by atoms with Crippen molar-refractivity contribution in [2.24, 2.45) is 4.99 Å². The number of rotatable bonds is 9. The van der Waals surface area contributed by atoms with E-state index in [1.165, 1.54) is 10.4 Å². The summed E-state index contributed by atoms with van der Waals surface area (Å²) in [7, 11) is -3.34. The zero-order valence-corrected chi connectivity index (χ0v) is 16.5. The van der Waals surface area contributed by atoms with Crippen molar-refractivity contribution in [3.8, 4) is 0 Å². The third-order valence-corrected chi connectivity index (χ3v) is 5.86. The van der Waals surface area contributed by atoms with Gasteiger partial charge in [0.15, 0.2) is 17.6 Å². The molecule has 2 N–H and O–H groups in total. The van der Waals surface area contributed by atoms with E-state index in [-0.39, 0.29) is 18.3 Å². The van der Waals surface area contributed by atoms with Crippen molar-refractivity contribution in [1.82, 2.24) is 14.9 Å². The van der Waals surface area contributed by atoms with Crippen LogP contribution in [0.25, 0.3) is 0 Å². The van der Waals surface area contributed by atoms with Gasteiger partial charge in [0.25, 0.3) is 0 Å². The second kappa shape index (κ2) is 10.4. The third kappa shape index (κ3) is 6.53. The smallest absolute Gasteiger partial charge is 0.215 e. The van der Waals surface area contributed by atoms with Gasteiger partial charge in [0, 0.05) is 19.6 Å². The zero-order valence-electron chi connectivity index (χ0n) is 15.7. The van der Waals surface area contributed by atoms with Crippen molar-refractivity contribution in [2.45, 2.75) is 33.7 Å². The van der Waals surface area contributed by atoms with E-state index in [1.54, 1.807) is 20.8 Å². The summed E-state index contributed by atoms with van der Waals surface area (Å²) in [5.41, 5.74) is 0.560. The van der Waals surface area contributed by atoms with Crippen LogP contribution in [-0.2, 0) is 10.0 Å². The van der Waals surface area contributed by atoms with Gasteiger partial charge in [-0.3, -0.25) is 4.99 Å². The molecule has 0 aliphatic carbocycles. The molecule has 0 aliphatic rings. The van der Waals surface area contributed by atoms with E-state index in [0.29, 0.717) is 31.2 Å². The van der Waals surface area contributed by atoms with Crippen LogP contribution in [0.5, 0.6) is 0 Å². The second-order valence-corrected chi connectivity index (χ2v) is 7.79. The second-order valence-electron chi connectivity index (χ2n) is 5.70. The number of hydrogen-bond donors (Lipinski definition) is 2. The fraction of sp³-hybridized carbons (Fsp3) is 0.588. The molecule has 0 radical (unpaired) electrons. The predicted octanol–water partition coefficient (Wildman–Crippen LogP) is 2.25. The summed E-state index contributed by atoms with van der Waals surface area (Å²) in [4.78, 5) is 4.28. The van der Waals surface area contributed by atoms with Crippen molar-refractivity contribution >= 4 is 16.0 Å². The van der Waals surface area contributed by atoms with Gasteiger partial charge in [-0.05, 0) is 31.5 Å². The summed E-state index contributed by atoms with van der Waals surface area (Å²) < 4.78 is 52.2. The summed E-state index contributed by atoms with van der Waals surface area (Å²) in [6.07, 6.45) is 0. The molecular weight excluding hydrogens is 362 g/mol. The quantitative estimate of drug-likeness (QED) is 0.501. The Morgan fingerprint density at radius 2 is 1.85 bits per heavy atom. The van der Waals surface area contributed by atoms with E-state index < -0.39 is 21.7 Å². The highest BCUT2D eigenvalue weighted by atomic mass is 32.2. The molecule has 1 unspecified atom stereocenters. The average Bonchev–Trinajstić information content (AvgIpc) is 2.58. The topological polar surface area (TPSA) is 73.8 Å². The minimum Gasteiger partial charge on any atom is -0.357 e. The highest BCUT2D eigenvalue weighted by Crippen LogP contribution is 2.15. The molecule has 0 amide bonds. The number of aliphatic imine (C=N–C) groups is 1. The Morgan fingerprint density at radius 3 is 2.38 bits per heavy atom. The predicted molar refractivity (Wildman–Crippen MR) is 101 cm³/mol. The SMILES string of the molecule is CCNC(=NCCS(=O)(=O)N(CC)CC)NC(C)c1ccc(F)c(F)c1. The van der Waals surface area contributed by atoms with Gasteiger partial charge in [-0.25, -0.2) is 21.5 Å². The molecule has 6 nitrogen and oxygen atoms in total. The average molecular weight is 391 g/mol. The number of nitrogens with zero attached hydrogens (tertiary/aromatic N) is 2. The molecule has 0 fully saturated rings. The maximum absolute atomic E-state index is 13.4. The van der Waals surface area contributed by atoms with Gasteiger partial charge < -0.3 is 10.6 Å². The molecule has 0 saturated carbocycles. The summed E-state index contributed by atoms with van der Waals surface area (Å²) in [6.45, 7) is 8.77. The molecule has 0 saturated heterocycles. The number of sulfonamides is 1. The van der Waals surface area contributed by atoms with Crippen LogP contribution in [-0.4, -0.2) is 50.6 Å². The van der Waals surface area contributed by atoms with Crippen LogP contribution in [0.1, 0.15) is 39.3 Å². The first-order valence-electron chi connectivity index (χ1n) is 8.72. The van der Waals surface area contributed by atoms with Gasteiger partial charge in [-0.1, -0.05) is 19.9 Å². The number of benzene rings is 1. The number of hydrogen-bond acceptors (Lipinski definition) is 3. The normalized spacial score (nSPS) is 13.7. The van der Waals surface area contributed by atoms with Gasteiger partial charge in [0.05, 0.1) is 18.3 Å². The maximum Gasteiger partial charge on any atom is 0.215 e. The summed E-state index contributed by atoms with van der Waals surface area (Å²) in [5.74, 6) is -1.49. The standard InChI is InChI=1S/C17H28F2N4O2S/c1-5-20-17(21-10-11-26(24,25)23(6-2)7-3)22-13(4)14-8-9-15(18)16(19)12-14/h8-9,12-13H,5-7,10-11H2,1-4H3,(H2,20,21,22). The molecule has 0 spiro atoms. The van der Waals surface area contributed by atoms with E-state index in [1.807, 2.05) is 6.92 Å². The molecule has 148 valence electrons. The van der Waals surface area contributed by atoms with E-state index in [4.69, 9.17) is 0 Å². The molecular formula is C17H28F2N4O2S. The third-order valence-electron chi connectivity index (χ3n) is 3.86. The van der Waals surface area contributed by atoms with Gasteiger partial charge >= 0.3 is 0 Å². The number of halogens is 2. The Bertz CT molecular complexity index is 707. The molecule has 1 rings (SSSR count). The highest BCUT2D eigenvalue weighted by Gasteiger charge is 2.18. The molecule has 26 heavy (non-hydrogen) atoms.